The molecule has 88 valence electrons. The van der Waals surface area contributed by atoms with Gasteiger partial charge < -0.3 is 5.11 Å². The normalized spacial score (nSPS) is 28.3. The van der Waals surface area contributed by atoms with E-state index in [-0.39, 0.29) is 11.0 Å². The van der Waals surface area contributed by atoms with Crippen LogP contribution in [-0.4, -0.2) is 5.11 Å². The molecule has 0 aromatic heterocycles. The Morgan fingerprint density at radius 2 is 1.69 bits per heavy atom. The minimum atomic E-state index is -1.35. The molecule has 2 rings (SSSR count). The van der Waals surface area contributed by atoms with Crippen LogP contribution in [0, 0.1) is 17.0 Å². The molecule has 1 nitrogen and oxygen atoms in total. The summed E-state index contributed by atoms with van der Waals surface area (Å²) in [6.45, 7) is 4.01. The number of aliphatic hydroxyl groups is 1. The summed E-state index contributed by atoms with van der Waals surface area (Å²) in [4.78, 5) is 0. The largest absolute Gasteiger partial charge is 0.385 e. The Balaban J connectivity index is 2.45. The zero-order valence-corrected chi connectivity index (χ0v) is 9.56. The van der Waals surface area contributed by atoms with Crippen LogP contribution in [0.25, 0.3) is 0 Å². The molecule has 0 spiro atoms. The Hall–Kier alpha value is -0.960. The van der Waals surface area contributed by atoms with E-state index in [4.69, 9.17) is 0 Å². The van der Waals surface area contributed by atoms with Crippen molar-refractivity contribution in [3.8, 4) is 0 Å². The molecule has 1 aromatic rings. The molecular formula is C13H16F2O. The van der Waals surface area contributed by atoms with Crippen molar-refractivity contribution in [3.63, 3.8) is 0 Å². The number of rotatable bonds is 1. The van der Waals surface area contributed by atoms with E-state index in [1.54, 1.807) is 0 Å². The third-order valence-corrected chi connectivity index (χ3v) is 3.41. The summed E-state index contributed by atoms with van der Waals surface area (Å²) >= 11 is 0. The molecule has 1 unspecified atom stereocenters. The van der Waals surface area contributed by atoms with Crippen molar-refractivity contribution in [2.75, 3.05) is 0 Å². The Kier molecular flexibility index (Phi) is 2.54. The topological polar surface area (TPSA) is 20.2 Å². The van der Waals surface area contributed by atoms with Gasteiger partial charge in [0.05, 0.1) is 11.2 Å². The summed E-state index contributed by atoms with van der Waals surface area (Å²) in [6, 6.07) is 3.71. The minimum Gasteiger partial charge on any atom is -0.385 e. The van der Waals surface area contributed by atoms with Gasteiger partial charge in [0.25, 0.3) is 0 Å². The highest BCUT2D eigenvalue weighted by molar-refractivity contribution is 5.28. The van der Waals surface area contributed by atoms with Gasteiger partial charge in [-0.15, -0.1) is 0 Å². The fourth-order valence-corrected chi connectivity index (χ4v) is 2.67. The molecule has 16 heavy (non-hydrogen) atoms. The van der Waals surface area contributed by atoms with Crippen molar-refractivity contribution in [2.24, 2.45) is 5.41 Å². The van der Waals surface area contributed by atoms with Crippen LogP contribution in [0.3, 0.4) is 0 Å². The second-order valence-corrected chi connectivity index (χ2v) is 5.47. The minimum absolute atomic E-state index is 0.0660. The summed E-state index contributed by atoms with van der Waals surface area (Å²) < 4.78 is 27.2. The van der Waals surface area contributed by atoms with Gasteiger partial charge in [0.2, 0.25) is 0 Å². The lowest BCUT2D eigenvalue weighted by molar-refractivity contribution is 0.0266. The van der Waals surface area contributed by atoms with Crippen LogP contribution in [0.5, 0.6) is 0 Å². The maximum Gasteiger partial charge on any atom is 0.132 e. The molecule has 0 amide bonds. The maximum atomic E-state index is 13.6. The van der Waals surface area contributed by atoms with Gasteiger partial charge in [0, 0.05) is 0 Å². The highest BCUT2D eigenvalue weighted by Crippen LogP contribution is 2.49. The second kappa shape index (κ2) is 3.52. The summed E-state index contributed by atoms with van der Waals surface area (Å²) in [7, 11) is 0. The molecule has 0 bridgehead atoms. The molecule has 0 saturated heterocycles. The lowest BCUT2D eigenvalue weighted by Crippen LogP contribution is -2.26. The Morgan fingerprint density at radius 3 is 2.12 bits per heavy atom. The van der Waals surface area contributed by atoms with Crippen molar-refractivity contribution >= 4 is 0 Å². The molecule has 0 heterocycles. The Bertz CT molecular complexity index is 394. The van der Waals surface area contributed by atoms with E-state index in [1.807, 2.05) is 13.8 Å². The van der Waals surface area contributed by atoms with E-state index in [0.29, 0.717) is 12.8 Å². The smallest absolute Gasteiger partial charge is 0.132 e. The Labute approximate surface area is 94.1 Å². The van der Waals surface area contributed by atoms with Gasteiger partial charge in [0.15, 0.2) is 0 Å². The summed E-state index contributed by atoms with van der Waals surface area (Å²) in [6.07, 6.45) is 1.59. The van der Waals surface area contributed by atoms with Gasteiger partial charge in [-0.2, -0.15) is 0 Å². The van der Waals surface area contributed by atoms with Gasteiger partial charge in [-0.25, -0.2) is 8.78 Å². The van der Waals surface area contributed by atoms with Crippen molar-refractivity contribution < 1.29 is 13.9 Å². The van der Waals surface area contributed by atoms with Crippen LogP contribution in [0.4, 0.5) is 8.78 Å². The monoisotopic (exact) mass is 226 g/mol. The summed E-state index contributed by atoms with van der Waals surface area (Å²) in [5.74, 6) is -1.31. The molecule has 1 aliphatic rings. The van der Waals surface area contributed by atoms with E-state index in [9.17, 15) is 13.9 Å². The van der Waals surface area contributed by atoms with Crippen molar-refractivity contribution in [1.82, 2.24) is 0 Å². The SMILES string of the molecule is CC1(C)CCC(O)(c2c(F)cccc2F)C1. The maximum absolute atomic E-state index is 13.6. The molecule has 0 aliphatic heterocycles. The third kappa shape index (κ3) is 1.84. The average molecular weight is 226 g/mol. The van der Waals surface area contributed by atoms with Crippen LogP contribution >= 0.6 is 0 Å². The highest BCUT2D eigenvalue weighted by Gasteiger charge is 2.45. The number of hydrogen-bond acceptors (Lipinski definition) is 1. The molecule has 1 fully saturated rings. The number of halogens is 2. The molecule has 1 aliphatic carbocycles. The lowest BCUT2D eigenvalue weighted by Gasteiger charge is -2.26. The molecule has 1 aromatic carbocycles. The lowest BCUT2D eigenvalue weighted by atomic mass is 9.85. The molecule has 3 heteroatoms. The first-order chi connectivity index (χ1) is 7.34. The Morgan fingerprint density at radius 1 is 1.12 bits per heavy atom. The first-order valence-electron chi connectivity index (χ1n) is 5.51. The number of hydrogen-bond donors (Lipinski definition) is 1. The van der Waals surface area contributed by atoms with Crippen molar-refractivity contribution in [1.29, 1.82) is 0 Å². The van der Waals surface area contributed by atoms with Gasteiger partial charge in [-0.05, 0) is 36.8 Å². The first kappa shape index (κ1) is 11.5. The van der Waals surface area contributed by atoms with Crippen molar-refractivity contribution in [2.45, 2.75) is 38.7 Å². The van der Waals surface area contributed by atoms with Gasteiger partial charge in [-0.1, -0.05) is 19.9 Å². The van der Waals surface area contributed by atoms with E-state index in [1.165, 1.54) is 18.2 Å². The fraction of sp³-hybridized carbons (Fsp3) is 0.538. The van der Waals surface area contributed by atoms with Crippen LogP contribution in [-0.2, 0) is 5.60 Å². The van der Waals surface area contributed by atoms with Gasteiger partial charge in [0.1, 0.15) is 11.6 Å². The average Bonchev–Trinajstić information content (AvgIpc) is 2.41. The molecule has 1 atom stereocenters. The summed E-state index contributed by atoms with van der Waals surface area (Å²) in [5, 5.41) is 10.4. The van der Waals surface area contributed by atoms with Gasteiger partial charge in [-0.3, -0.25) is 0 Å². The second-order valence-electron chi connectivity index (χ2n) is 5.47. The van der Waals surface area contributed by atoms with E-state index < -0.39 is 17.2 Å². The van der Waals surface area contributed by atoms with Crippen molar-refractivity contribution in [3.05, 3.63) is 35.4 Å². The highest BCUT2D eigenvalue weighted by atomic mass is 19.1. The van der Waals surface area contributed by atoms with Crippen LogP contribution in [0.2, 0.25) is 0 Å². The van der Waals surface area contributed by atoms with E-state index in [2.05, 4.69) is 0 Å². The van der Waals surface area contributed by atoms with E-state index >= 15 is 0 Å². The first-order valence-corrected chi connectivity index (χ1v) is 5.51. The molecule has 0 radical (unpaired) electrons. The van der Waals surface area contributed by atoms with E-state index in [0.717, 1.165) is 6.42 Å². The standard InChI is InChI=1S/C13H16F2O/c1-12(2)6-7-13(16,8-12)11-9(14)4-3-5-10(11)15/h3-5,16H,6-8H2,1-2H3. The fourth-order valence-electron chi connectivity index (χ4n) is 2.67. The number of benzene rings is 1. The zero-order valence-electron chi connectivity index (χ0n) is 9.56. The third-order valence-electron chi connectivity index (χ3n) is 3.41. The van der Waals surface area contributed by atoms with Crippen LogP contribution in [0.15, 0.2) is 18.2 Å². The quantitative estimate of drug-likeness (QED) is 0.778. The predicted molar refractivity (Wildman–Crippen MR) is 57.9 cm³/mol. The predicted octanol–water partition coefficient (Wildman–Crippen LogP) is 3.36. The zero-order chi connectivity index (χ0) is 12.0. The molecule has 1 saturated carbocycles. The van der Waals surface area contributed by atoms with Crippen LogP contribution < -0.4 is 0 Å². The molecule has 1 N–H and O–H groups in total. The van der Waals surface area contributed by atoms with Crippen LogP contribution in [0.1, 0.15) is 38.7 Å². The molecular weight excluding hydrogens is 210 g/mol. The summed E-state index contributed by atoms with van der Waals surface area (Å²) in [5.41, 5.74) is -1.58. The van der Waals surface area contributed by atoms with Gasteiger partial charge >= 0.3 is 0 Å².